The van der Waals surface area contributed by atoms with Gasteiger partial charge in [-0.1, -0.05) is 23.7 Å². The fourth-order valence-electron chi connectivity index (χ4n) is 1.50. The third kappa shape index (κ3) is 2.66. The molecule has 2 aromatic heterocycles. The number of pyridine rings is 1. The summed E-state index contributed by atoms with van der Waals surface area (Å²) in [6.07, 6.45) is 8.81. The maximum atomic E-state index is 11.7. The topological polar surface area (TPSA) is 46.4 Å². The van der Waals surface area contributed by atoms with Crippen molar-refractivity contribution in [3.63, 3.8) is 0 Å². The van der Waals surface area contributed by atoms with Gasteiger partial charge < -0.3 is 5.32 Å². The molecular weight excluding hydrogens is 246 g/mol. The quantitative estimate of drug-likeness (QED) is 0.669. The van der Waals surface area contributed by atoms with Crippen molar-refractivity contribution in [2.45, 2.75) is 17.3 Å². The van der Waals surface area contributed by atoms with Crippen LogP contribution in [0.2, 0.25) is 0 Å². The lowest BCUT2D eigenvalue weighted by Gasteiger charge is -2.09. The SMILES string of the molecule is C#CCNC(=O)C(C)Sc1ncc2ccccn12. The summed E-state index contributed by atoms with van der Waals surface area (Å²) < 4.78 is 1.95. The largest absolute Gasteiger partial charge is 0.344 e. The van der Waals surface area contributed by atoms with Gasteiger partial charge in [-0.25, -0.2) is 4.98 Å². The number of hydrogen-bond acceptors (Lipinski definition) is 3. The summed E-state index contributed by atoms with van der Waals surface area (Å²) in [6, 6.07) is 5.86. The summed E-state index contributed by atoms with van der Waals surface area (Å²) in [6.45, 7) is 2.09. The Morgan fingerprint density at radius 2 is 2.50 bits per heavy atom. The zero-order chi connectivity index (χ0) is 13.0. The Morgan fingerprint density at radius 3 is 3.28 bits per heavy atom. The summed E-state index contributed by atoms with van der Waals surface area (Å²) in [7, 11) is 0. The molecule has 0 saturated heterocycles. The summed E-state index contributed by atoms with van der Waals surface area (Å²) in [4.78, 5) is 16.0. The van der Waals surface area contributed by atoms with Crippen LogP contribution in [0.5, 0.6) is 0 Å². The number of imidazole rings is 1. The first kappa shape index (κ1) is 12.5. The Bertz CT molecular complexity index is 600. The van der Waals surface area contributed by atoms with E-state index in [0.717, 1.165) is 10.7 Å². The molecule has 0 aliphatic heterocycles. The maximum Gasteiger partial charge on any atom is 0.234 e. The lowest BCUT2D eigenvalue weighted by atomic mass is 10.4. The number of carbonyl (C=O) groups excluding carboxylic acids is 1. The number of terminal acetylenes is 1. The van der Waals surface area contributed by atoms with E-state index in [1.54, 1.807) is 6.20 Å². The average Bonchev–Trinajstić information content (AvgIpc) is 2.79. The first-order valence-electron chi connectivity index (χ1n) is 5.52. The van der Waals surface area contributed by atoms with E-state index in [1.807, 2.05) is 35.7 Å². The van der Waals surface area contributed by atoms with Gasteiger partial charge in [0.1, 0.15) is 0 Å². The predicted octanol–water partition coefficient (Wildman–Crippen LogP) is 1.56. The van der Waals surface area contributed by atoms with Crippen molar-refractivity contribution in [1.29, 1.82) is 0 Å². The van der Waals surface area contributed by atoms with E-state index in [9.17, 15) is 4.79 Å². The molecule has 0 spiro atoms. The third-order valence-corrected chi connectivity index (χ3v) is 3.50. The first-order valence-corrected chi connectivity index (χ1v) is 6.40. The van der Waals surface area contributed by atoms with Crippen LogP contribution in [0.25, 0.3) is 5.52 Å². The number of fused-ring (bicyclic) bond motifs is 1. The number of carbonyl (C=O) groups is 1. The van der Waals surface area contributed by atoms with Crippen LogP contribution in [0.1, 0.15) is 6.92 Å². The zero-order valence-electron chi connectivity index (χ0n) is 9.96. The van der Waals surface area contributed by atoms with Gasteiger partial charge in [0.25, 0.3) is 0 Å². The molecule has 5 heteroatoms. The van der Waals surface area contributed by atoms with Crippen LogP contribution in [0, 0.1) is 12.3 Å². The summed E-state index contributed by atoms with van der Waals surface area (Å²) in [5.74, 6) is 2.30. The zero-order valence-corrected chi connectivity index (χ0v) is 10.8. The van der Waals surface area contributed by atoms with E-state index in [2.05, 4.69) is 16.2 Å². The molecule has 2 aromatic rings. The van der Waals surface area contributed by atoms with Gasteiger partial charge in [0.05, 0.1) is 23.5 Å². The molecule has 2 rings (SSSR count). The molecule has 4 nitrogen and oxygen atoms in total. The third-order valence-electron chi connectivity index (χ3n) is 2.42. The first-order chi connectivity index (χ1) is 8.72. The molecule has 0 bridgehead atoms. The van der Waals surface area contributed by atoms with Gasteiger partial charge in [0.2, 0.25) is 5.91 Å². The molecule has 92 valence electrons. The second-order valence-corrected chi connectivity index (χ2v) is 5.03. The standard InChI is InChI=1S/C13H13N3OS/c1-3-7-14-12(17)10(2)18-13-15-9-11-6-4-5-8-16(11)13/h1,4-6,8-10H,7H2,2H3,(H,14,17). The van der Waals surface area contributed by atoms with E-state index in [1.165, 1.54) is 11.8 Å². The molecule has 0 saturated carbocycles. The summed E-state index contributed by atoms with van der Waals surface area (Å²) >= 11 is 1.41. The highest BCUT2D eigenvalue weighted by molar-refractivity contribution is 8.00. The number of rotatable bonds is 4. The highest BCUT2D eigenvalue weighted by Gasteiger charge is 2.16. The van der Waals surface area contributed by atoms with Gasteiger partial charge in [-0.2, -0.15) is 0 Å². The van der Waals surface area contributed by atoms with Crippen LogP contribution >= 0.6 is 11.8 Å². The van der Waals surface area contributed by atoms with Crippen LogP contribution in [-0.2, 0) is 4.79 Å². The highest BCUT2D eigenvalue weighted by atomic mass is 32.2. The minimum atomic E-state index is -0.232. The van der Waals surface area contributed by atoms with Crippen molar-refractivity contribution < 1.29 is 4.79 Å². The lowest BCUT2D eigenvalue weighted by Crippen LogP contribution is -2.31. The molecule has 18 heavy (non-hydrogen) atoms. The molecule has 1 amide bonds. The Morgan fingerprint density at radius 1 is 1.67 bits per heavy atom. The molecular formula is C13H13N3OS. The summed E-state index contributed by atoms with van der Waals surface area (Å²) in [5.41, 5.74) is 1.01. The minimum Gasteiger partial charge on any atom is -0.344 e. The number of hydrogen-bond donors (Lipinski definition) is 1. The van der Waals surface area contributed by atoms with E-state index >= 15 is 0 Å². The lowest BCUT2D eigenvalue weighted by molar-refractivity contribution is -0.120. The van der Waals surface area contributed by atoms with Crippen molar-refractivity contribution in [2.75, 3.05) is 6.54 Å². The second kappa shape index (κ2) is 5.61. The Balaban J connectivity index is 2.09. The molecule has 2 heterocycles. The van der Waals surface area contributed by atoms with Crippen molar-refractivity contribution in [1.82, 2.24) is 14.7 Å². The van der Waals surface area contributed by atoms with E-state index in [4.69, 9.17) is 6.42 Å². The van der Waals surface area contributed by atoms with Gasteiger partial charge in [-0.05, 0) is 19.1 Å². The van der Waals surface area contributed by atoms with Crippen molar-refractivity contribution in [3.05, 3.63) is 30.6 Å². The van der Waals surface area contributed by atoms with Crippen LogP contribution in [0.4, 0.5) is 0 Å². The molecule has 0 aromatic carbocycles. The van der Waals surface area contributed by atoms with Gasteiger partial charge in [-0.3, -0.25) is 9.20 Å². The van der Waals surface area contributed by atoms with Gasteiger partial charge in [0.15, 0.2) is 5.16 Å². The predicted molar refractivity (Wildman–Crippen MR) is 72.4 cm³/mol. The van der Waals surface area contributed by atoms with Crippen LogP contribution < -0.4 is 5.32 Å². The Labute approximate surface area is 110 Å². The molecule has 1 unspecified atom stereocenters. The number of nitrogens with one attached hydrogen (secondary N) is 1. The normalized spacial score (nSPS) is 12.0. The Hall–Kier alpha value is -1.93. The van der Waals surface area contributed by atoms with Crippen LogP contribution in [-0.4, -0.2) is 27.1 Å². The molecule has 1 atom stereocenters. The van der Waals surface area contributed by atoms with Gasteiger partial charge in [0, 0.05) is 6.20 Å². The minimum absolute atomic E-state index is 0.0781. The fraction of sp³-hybridized carbons (Fsp3) is 0.231. The van der Waals surface area contributed by atoms with Crippen LogP contribution in [0.15, 0.2) is 35.7 Å². The smallest absolute Gasteiger partial charge is 0.234 e. The molecule has 0 aliphatic carbocycles. The number of aromatic nitrogens is 2. The fourth-order valence-corrected chi connectivity index (χ4v) is 2.40. The van der Waals surface area contributed by atoms with E-state index in [0.29, 0.717) is 0 Å². The highest BCUT2D eigenvalue weighted by Crippen LogP contribution is 2.22. The van der Waals surface area contributed by atoms with Gasteiger partial charge >= 0.3 is 0 Å². The number of amides is 1. The van der Waals surface area contributed by atoms with Crippen LogP contribution in [0.3, 0.4) is 0 Å². The average molecular weight is 259 g/mol. The van der Waals surface area contributed by atoms with Gasteiger partial charge in [-0.15, -0.1) is 6.42 Å². The Kier molecular flexibility index (Phi) is 3.90. The number of nitrogens with zero attached hydrogens (tertiary/aromatic N) is 2. The molecule has 0 aliphatic rings. The molecule has 1 N–H and O–H groups in total. The number of thioether (sulfide) groups is 1. The van der Waals surface area contributed by atoms with E-state index in [-0.39, 0.29) is 17.7 Å². The molecule has 0 fully saturated rings. The van der Waals surface area contributed by atoms with Crippen molar-refractivity contribution >= 4 is 23.2 Å². The van der Waals surface area contributed by atoms with Crippen molar-refractivity contribution in [3.8, 4) is 12.3 Å². The van der Waals surface area contributed by atoms with E-state index < -0.39 is 0 Å². The maximum absolute atomic E-state index is 11.7. The second-order valence-electron chi connectivity index (χ2n) is 3.72. The summed E-state index contributed by atoms with van der Waals surface area (Å²) in [5, 5.41) is 3.23. The van der Waals surface area contributed by atoms with Crippen molar-refractivity contribution in [2.24, 2.45) is 0 Å². The molecule has 0 radical (unpaired) electrons. The monoisotopic (exact) mass is 259 g/mol.